The van der Waals surface area contributed by atoms with Crippen LogP contribution in [0.5, 0.6) is 5.75 Å². The van der Waals surface area contributed by atoms with Crippen LogP contribution in [0.15, 0.2) is 36.5 Å². The highest BCUT2D eigenvalue weighted by Gasteiger charge is 2.20. The molecule has 98 valence electrons. The van der Waals surface area contributed by atoms with Gasteiger partial charge in [-0.2, -0.15) is 0 Å². The fraction of sp³-hybridized carbons (Fsp3) is 0.0833. The summed E-state index contributed by atoms with van der Waals surface area (Å²) < 4.78 is 0. The predicted octanol–water partition coefficient (Wildman–Crippen LogP) is 3.12. The summed E-state index contributed by atoms with van der Waals surface area (Å²) in [7, 11) is 1.65. The molecule has 1 N–H and O–H groups in total. The minimum Gasteiger partial charge on any atom is -0.508 e. The lowest BCUT2D eigenvalue weighted by molar-refractivity contribution is -0.384. The van der Waals surface area contributed by atoms with Gasteiger partial charge in [-0.3, -0.25) is 10.1 Å². The molecule has 0 aliphatic carbocycles. The molecule has 1 heterocycles. The van der Waals surface area contributed by atoms with Gasteiger partial charge in [0.15, 0.2) is 0 Å². The minimum atomic E-state index is -0.537. The molecule has 0 fully saturated rings. The number of hydrogen-bond acceptors (Lipinski definition) is 5. The number of rotatable bonds is 3. The number of halogens is 1. The topological polar surface area (TPSA) is 79.5 Å². The zero-order valence-electron chi connectivity index (χ0n) is 9.95. The van der Waals surface area contributed by atoms with E-state index < -0.39 is 4.92 Å². The first-order chi connectivity index (χ1) is 8.99. The van der Waals surface area contributed by atoms with E-state index in [0.29, 0.717) is 5.69 Å². The molecule has 6 nitrogen and oxygen atoms in total. The van der Waals surface area contributed by atoms with Crippen molar-refractivity contribution >= 4 is 28.8 Å². The highest BCUT2D eigenvalue weighted by Crippen LogP contribution is 2.32. The summed E-state index contributed by atoms with van der Waals surface area (Å²) in [5.74, 6) is 0.302. The van der Waals surface area contributed by atoms with E-state index in [0.717, 1.165) is 0 Å². The summed E-state index contributed by atoms with van der Waals surface area (Å²) in [5, 5.41) is 20.4. The highest BCUT2D eigenvalue weighted by molar-refractivity contribution is 6.30. The first-order valence-electron chi connectivity index (χ1n) is 5.31. The fourth-order valence-corrected chi connectivity index (χ4v) is 1.76. The third-order valence-corrected chi connectivity index (χ3v) is 2.77. The van der Waals surface area contributed by atoms with E-state index >= 15 is 0 Å². The number of phenolic OH excluding ortho intramolecular Hbond substituents is 1. The van der Waals surface area contributed by atoms with Crippen molar-refractivity contribution < 1.29 is 10.0 Å². The van der Waals surface area contributed by atoms with E-state index in [2.05, 4.69) is 4.98 Å². The molecule has 19 heavy (non-hydrogen) atoms. The van der Waals surface area contributed by atoms with E-state index in [1.807, 2.05) is 0 Å². The molecule has 1 aromatic heterocycles. The number of aromatic nitrogens is 1. The standard InChI is InChI=1S/C12H10ClN3O3/c1-15(9-2-4-10(17)5-3-9)12-11(16(18)19)6-8(13)7-14-12/h2-7,17H,1H3. The van der Waals surface area contributed by atoms with Crippen LogP contribution in [0.25, 0.3) is 0 Å². The van der Waals surface area contributed by atoms with Gasteiger partial charge in [-0.05, 0) is 24.3 Å². The first-order valence-corrected chi connectivity index (χ1v) is 5.69. The van der Waals surface area contributed by atoms with Gasteiger partial charge in [0.05, 0.1) is 9.95 Å². The zero-order chi connectivity index (χ0) is 14.0. The maximum absolute atomic E-state index is 11.0. The molecule has 0 radical (unpaired) electrons. The number of aromatic hydroxyl groups is 1. The molecule has 0 amide bonds. The molecule has 2 aromatic rings. The van der Waals surface area contributed by atoms with Crippen LogP contribution in [-0.2, 0) is 0 Å². The molecule has 0 saturated heterocycles. The SMILES string of the molecule is CN(c1ccc(O)cc1)c1ncc(Cl)cc1[N+](=O)[O-]. The average molecular weight is 280 g/mol. The molecule has 0 bridgehead atoms. The van der Waals surface area contributed by atoms with Crippen LogP contribution >= 0.6 is 11.6 Å². The fourth-order valence-electron chi connectivity index (χ4n) is 1.61. The highest BCUT2D eigenvalue weighted by atomic mass is 35.5. The van der Waals surface area contributed by atoms with Crippen molar-refractivity contribution in [2.24, 2.45) is 0 Å². The number of phenols is 1. The van der Waals surface area contributed by atoms with Crippen LogP contribution in [0, 0.1) is 10.1 Å². The zero-order valence-corrected chi connectivity index (χ0v) is 10.7. The van der Waals surface area contributed by atoms with Crippen LogP contribution in [0.2, 0.25) is 5.02 Å². The van der Waals surface area contributed by atoms with Gasteiger partial charge in [0, 0.05) is 25.0 Å². The van der Waals surface area contributed by atoms with E-state index in [1.165, 1.54) is 24.4 Å². The second kappa shape index (κ2) is 5.11. The third kappa shape index (κ3) is 2.74. The Morgan fingerprint density at radius 3 is 2.58 bits per heavy atom. The van der Waals surface area contributed by atoms with E-state index in [4.69, 9.17) is 11.6 Å². The predicted molar refractivity (Wildman–Crippen MR) is 72.1 cm³/mol. The summed E-state index contributed by atoms with van der Waals surface area (Å²) in [6, 6.07) is 7.51. The minimum absolute atomic E-state index is 0.121. The largest absolute Gasteiger partial charge is 0.508 e. The summed E-state index contributed by atoms with van der Waals surface area (Å²) in [6.45, 7) is 0. The number of nitro groups is 1. The molecule has 0 saturated carbocycles. The molecule has 0 aliphatic rings. The molecular formula is C12H10ClN3O3. The Morgan fingerprint density at radius 1 is 1.37 bits per heavy atom. The Hall–Kier alpha value is -2.34. The van der Waals surface area contributed by atoms with Crippen LogP contribution in [-0.4, -0.2) is 22.1 Å². The van der Waals surface area contributed by atoms with E-state index in [-0.39, 0.29) is 22.3 Å². The van der Waals surface area contributed by atoms with Gasteiger partial charge in [0.25, 0.3) is 0 Å². The second-order valence-corrected chi connectivity index (χ2v) is 4.27. The van der Waals surface area contributed by atoms with Gasteiger partial charge in [0.1, 0.15) is 5.75 Å². The Bertz CT molecular complexity index is 616. The number of nitrogens with zero attached hydrogens (tertiary/aromatic N) is 3. The molecule has 0 spiro atoms. The number of hydrogen-bond donors (Lipinski definition) is 1. The molecular weight excluding hydrogens is 270 g/mol. The van der Waals surface area contributed by atoms with Gasteiger partial charge in [-0.25, -0.2) is 4.98 Å². The second-order valence-electron chi connectivity index (χ2n) is 3.83. The molecule has 0 unspecified atom stereocenters. The molecule has 7 heteroatoms. The lowest BCUT2D eigenvalue weighted by Crippen LogP contribution is -2.13. The maximum atomic E-state index is 11.0. The van der Waals surface area contributed by atoms with Crippen molar-refractivity contribution in [1.82, 2.24) is 4.98 Å². The molecule has 2 rings (SSSR count). The Kier molecular flexibility index (Phi) is 3.52. The average Bonchev–Trinajstić information content (AvgIpc) is 2.38. The molecule has 0 atom stereocenters. The summed E-state index contributed by atoms with van der Waals surface area (Å²) in [5.41, 5.74) is 0.485. The summed E-state index contributed by atoms with van der Waals surface area (Å²) in [6.07, 6.45) is 1.35. The lowest BCUT2D eigenvalue weighted by Gasteiger charge is -2.18. The van der Waals surface area contributed by atoms with Gasteiger partial charge < -0.3 is 10.0 Å². The van der Waals surface area contributed by atoms with Crippen molar-refractivity contribution in [2.75, 3.05) is 11.9 Å². The van der Waals surface area contributed by atoms with Gasteiger partial charge in [0.2, 0.25) is 5.82 Å². The molecule has 1 aromatic carbocycles. The van der Waals surface area contributed by atoms with Gasteiger partial charge in [-0.15, -0.1) is 0 Å². The smallest absolute Gasteiger partial charge is 0.313 e. The van der Waals surface area contributed by atoms with Gasteiger partial charge >= 0.3 is 5.69 Å². The monoisotopic (exact) mass is 279 g/mol. The Labute approximate surface area is 114 Å². The van der Waals surface area contributed by atoms with Crippen molar-refractivity contribution in [3.05, 3.63) is 51.7 Å². The van der Waals surface area contributed by atoms with Crippen molar-refractivity contribution in [3.8, 4) is 5.75 Å². The lowest BCUT2D eigenvalue weighted by atomic mass is 10.2. The van der Waals surface area contributed by atoms with Gasteiger partial charge in [-0.1, -0.05) is 11.6 Å². The van der Waals surface area contributed by atoms with Crippen molar-refractivity contribution in [2.45, 2.75) is 0 Å². The number of benzene rings is 1. The Balaban J connectivity index is 2.46. The number of pyridine rings is 1. The van der Waals surface area contributed by atoms with E-state index in [1.54, 1.807) is 24.1 Å². The quantitative estimate of drug-likeness (QED) is 0.690. The van der Waals surface area contributed by atoms with Crippen LogP contribution in [0.4, 0.5) is 17.2 Å². The number of anilines is 2. The third-order valence-electron chi connectivity index (χ3n) is 2.57. The van der Waals surface area contributed by atoms with Crippen LogP contribution < -0.4 is 4.90 Å². The van der Waals surface area contributed by atoms with Crippen LogP contribution in [0.1, 0.15) is 0 Å². The molecule has 0 aliphatic heterocycles. The Morgan fingerprint density at radius 2 is 2.00 bits per heavy atom. The normalized spacial score (nSPS) is 10.2. The van der Waals surface area contributed by atoms with Crippen LogP contribution in [0.3, 0.4) is 0 Å². The van der Waals surface area contributed by atoms with Crippen molar-refractivity contribution in [1.29, 1.82) is 0 Å². The first kappa shape index (κ1) is 13.1. The maximum Gasteiger partial charge on any atom is 0.313 e. The van der Waals surface area contributed by atoms with Crippen molar-refractivity contribution in [3.63, 3.8) is 0 Å². The van der Waals surface area contributed by atoms with E-state index in [9.17, 15) is 15.2 Å². The summed E-state index contributed by atoms with van der Waals surface area (Å²) >= 11 is 5.71. The summed E-state index contributed by atoms with van der Waals surface area (Å²) in [4.78, 5) is 16.0.